The zero-order valence-electron chi connectivity index (χ0n) is 17.0. The summed E-state index contributed by atoms with van der Waals surface area (Å²) >= 11 is 1.61. The average Bonchev–Trinajstić information content (AvgIpc) is 3.20. The Hall–Kier alpha value is -3.04. The topological polar surface area (TPSA) is 70.2 Å². The number of carbonyl (C=O) groups is 1. The molecule has 0 spiro atoms. The number of thioether (sulfide) groups is 1. The Kier molecular flexibility index (Phi) is 5.52. The van der Waals surface area contributed by atoms with E-state index in [4.69, 9.17) is 0 Å². The number of carbonyl (C=O) groups excluding carboxylic acids is 1. The fourth-order valence-corrected chi connectivity index (χ4v) is 5.71. The zero-order valence-corrected chi connectivity index (χ0v) is 17.9. The quantitative estimate of drug-likeness (QED) is 0.633. The van der Waals surface area contributed by atoms with Gasteiger partial charge in [-0.15, -0.1) is 11.8 Å². The van der Waals surface area contributed by atoms with Crippen LogP contribution in [0.1, 0.15) is 15.9 Å². The van der Waals surface area contributed by atoms with Crippen LogP contribution in [0.2, 0.25) is 0 Å². The molecule has 2 aliphatic heterocycles. The largest absolute Gasteiger partial charge is 0.338 e. The van der Waals surface area contributed by atoms with Gasteiger partial charge < -0.3 is 10.2 Å². The van der Waals surface area contributed by atoms with Gasteiger partial charge in [0.2, 0.25) is 5.95 Å². The van der Waals surface area contributed by atoms with Crippen LogP contribution in [0.3, 0.4) is 0 Å². The number of amides is 1. The van der Waals surface area contributed by atoms with Crippen molar-refractivity contribution >= 4 is 23.6 Å². The number of hydrogen-bond acceptors (Lipinski definition) is 6. The highest BCUT2D eigenvalue weighted by Gasteiger charge is 2.52. The molecule has 9 heteroatoms. The summed E-state index contributed by atoms with van der Waals surface area (Å²) in [6.07, 6.45) is 2.31. The number of benzene rings is 2. The molecule has 2 aliphatic rings. The van der Waals surface area contributed by atoms with Crippen molar-refractivity contribution < 1.29 is 13.6 Å². The molecule has 1 aromatic heterocycles. The highest BCUT2D eigenvalue weighted by molar-refractivity contribution is 7.99. The van der Waals surface area contributed by atoms with Crippen molar-refractivity contribution in [1.82, 2.24) is 20.6 Å². The number of aromatic nitrogens is 2. The number of hydrogen-bond donors (Lipinski definition) is 2. The molecule has 3 heterocycles. The summed E-state index contributed by atoms with van der Waals surface area (Å²) in [5.74, 6) is 0.394. The number of nitrogens with zero attached hydrogens (tertiary/aromatic N) is 3. The maximum atomic E-state index is 13.7. The summed E-state index contributed by atoms with van der Waals surface area (Å²) in [6.45, 7) is 1.16. The van der Waals surface area contributed by atoms with Gasteiger partial charge in [-0.3, -0.25) is 10.1 Å². The molecule has 5 rings (SSSR count). The first-order valence-electron chi connectivity index (χ1n) is 10.3. The summed E-state index contributed by atoms with van der Waals surface area (Å²) < 4.78 is 27.0. The SMILES string of the molecule is O=C(NC1NC2(c3ccc(F)cc3)CN(c3ncc(F)cn3)CC2CS1)c1ccccc1. The molecule has 0 radical (unpaired) electrons. The first-order chi connectivity index (χ1) is 15.5. The van der Waals surface area contributed by atoms with E-state index in [1.165, 1.54) is 12.1 Å². The predicted molar refractivity (Wildman–Crippen MR) is 119 cm³/mol. The Labute approximate surface area is 188 Å². The lowest BCUT2D eigenvalue weighted by molar-refractivity contribution is 0.0933. The van der Waals surface area contributed by atoms with E-state index in [9.17, 15) is 13.6 Å². The molecular weight excluding hydrogens is 432 g/mol. The fraction of sp³-hybridized carbons (Fsp3) is 0.261. The van der Waals surface area contributed by atoms with E-state index >= 15 is 0 Å². The van der Waals surface area contributed by atoms with E-state index in [2.05, 4.69) is 20.6 Å². The lowest BCUT2D eigenvalue weighted by Crippen LogP contribution is -2.61. The van der Waals surface area contributed by atoms with Crippen LogP contribution in [-0.2, 0) is 5.54 Å². The van der Waals surface area contributed by atoms with Crippen LogP contribution >= 0.6 is 11.8 Å². The molecule has 1 amide bonds. The van der Waals surface area contributed by atoms with Crippen LogP contribution in [0.4, 0.5) is 14.7 Å². The van der Waals surface area contributed by atoms with Crippen molar-refractivity contribution in [3.63, 3.8) is 0 Å². The van der Waals surface area contributed by atoms with E-state index < -0.39 is 11.4 Å². The Morgan fingerprint density at radius 2 is 1.78 bits per heavy atom. The number of fused-ring (bicyclic) bond motifs is 1. The molecule has 0 bridgehead atoms. The van der Waals surface area contributed by atoms with Crippen molar-refractivity contribution in [3.05, 3.63) is 89.8 Å². The summed E-state index contributed by atoms with van der Waals surface area (Å²) in [6, 6.07) is 15.5. The van der Waals surface area contributed by atoms with Crippen molar-refractivity contribution in [2.75, 3.05) is 23.7 Å². The van der Waals surface area contributed by atoms with E-state index in [0.717, 1.165) is 23.7 Å². The Morgan fingerprint density at radius 3 is 2.50 bits per heavy atom. The third-order valence-electron chi connectivity index (χ3n) is 5.98. The molecule has 2 aromatic carbocycles. The van der Waals surface area contributed by atoms with Crippen LogP contribution in [0.5, 0.6) is 0 Å². The molecule has 3 aromatic rings. The molecule has 2 fully saturated rings. The van der Waals surface area contributed by atoms with Gasteiger partial charge in [-0.25, -0.2) is 18.7 Å². The van der Waals surface area contributed by atoms with Gasteiger partial charge >= 0.3 is 0 Å². The van der Waals surface area contributed by atoms with E-state index in [1.54, 1.807) is 36.0 Å². The molecule has 0 saturated carbocycles. The van der Waals surface area contributed by atoms with Gasteiger partial charge in [-0.1, -0.05) is 30.3 Å². The maximum Gasteiger partial charge on any atom is 0.253 e. The van der Waals surface area contributed by atoms with Crippen molar-refractivity contribution in [1.29, 1.82) is 0 Å². The van der Waals surface area contributed by atoms with Gasteiger partial charge in [0.15, 0.2) is 5.82 Å². The smallest absolute Gasteiger partial charge is 0.253 e. The predicted octanol–water partition coefficient (Wildman–Crippen LogP) is 3.14. The molecule has 2 N–H and O–H groups in total. The second-order valence-electron chi connectivity index (χ2n) is 7.95. The molecule has 0 aliphatic carbocycles. The number of rotatable bonds is 4. The maximum absolute atomic E-state index is 13.7. The number of nitrogens with one attached hydrogen (secondary N) is 2. The van der Waals surface area contributed by atoms with Crippen LogP contribution < -0.4 is 15.5 Å². The number of anilines is 1. The minimum atomic E-state index is -0.550. The Balaban J connectivity index is 1.43. The van der Waals surface area contributed by atoms with Gasteiger partial charge in [0.25, 0.3) is 5.91 Å². The molecule has 164 valence electrons. The van der Waals surface area contributed by atoms with Gasteiger partial charge in [0.05, 0.1) is 17.9 Å². The standard InChI is InChI=1S/C23H21F2N5OS/c24-18-8-6-16(7-9-18)23-14-30(21-26-10-19(25)11-27-21)12-17(23)13-32-22(29-23)28-20(31)15-4-2-1-3-5-15/h1-11,17,22,29H,12-14H2,(H,28,31). The fourth-order valence-electron chi connectivity index (χ4n) is 4.41. The first-order valence-corrected chi connectivity index (χ1v) is 11.3. The Morgan fingerprint density at radius 1 is 1.06 bits per heavy atom. The lowest BCUT2D eigenvalue weighted by atomic mass is 9.81. The van der Waals surface area contributed by atoms with Gasteiger partial charge in [0.1, 0.15) is 11.3 Å². The first kappa shape index (κ1) is 20.8. The lowest BCUT2D eigenvalue weighted by Gasteiger charge is -2.43. The highest BCUT2D eigenvalue weighted by Crippen LogP contribution is 2.44. The summed E-state index contributed by atoms with van der Waals surface area (Å²) in [7, 11) is 0. The van der Waals surface area contributed by atoms with Gasteiger partial charge in [-0.2, -0.15) is 0 Å². The van der Waals surface area contributed by atoms with Crippen LogP contribution in [0, 0.1) is 17.6 Å². The molecule has 3 unspecified atom stereocenters. The molecule has 32 heavy (non-hydrogen) atoms. The van der Waals surface area contributed by atoms with E-state index in [0.29, 0.717) is 24.6 Å². The normalized spacial score (nSPS) is 24.8. The Bertz CT molecular complexity index is 1100. The minimum absolute atomic E-state index is 0.150. The third kappa shape index (κ3) is 3.93. The monoisotopic (exact) mass is 453 g/mol. The summed E-state index contributed by atoms with van der Waals surface area (Å²) in [5, 5.41) is 6.67. The molecule has 6 nitrogen and oxygen atoms in total. The summed E-state index contributed by atoms with van der Waals surface area (Å²) in [4.78, 5) is 23.0. The third-order valence-corrected chi connectivity index (χ3v) is 7.14. The van der Waals surface area contributed by atoms with Crippen molar-refractivity contribution in [2.45, 2.75) is 11.0 Å². The molecule has 2 saturated heterocycles. The minimum Gasteiger partial charge on any atom is -0.338 e. The molecular formula is C23H21F2N5OS. The van der Waals surface area contributed by atoms with Gasteiger partial charge in [0, 0.05) is 30.3 Å². The number of halogens is 2. The average molecular weight is 454 g/mol. The van der Waals surface area contributed by atoms with Crippen LogP contribution in [-0.4, -0.2) is 40.2 Å². The van der Waals surface area contributed by atoms with Crippen molar-refractivity contribution in [2.24, 2.45) is 5.92 Å². The van der Waals surface area contributed by atoms with Crippen LogP contribution in [0.15, 0.2) is 67.0 Å². The second-order valence-corrected chi connectivity index (χ2v) is 9.09. The van der Waals surface area contributed by atoms with E-state index in [-0.39, 0.29) is 23.1 Å². The van der Waals surface area contributed by atoms with Crippen LogP contribution in [0.25, 0.3) is 0 Å². The van der Waals surface area contributed by atoms with E-state index in [1.807, 2.05) is 23.1 Å². The second kappa shape index (κ2) is 8.48. The zero-order chi connectivity index (χ0) is 22.1. The van der Waals surface area contributed by atoms with Gasteiger partial charge in [-0.05, 0) is 29.8 Å². The highest BCUT2D eigenvalue weighted by atomic mass is 32.2. The van der Waals surface area contributed by atoms with Crippen molar-refractivity contribution in [3.8, 4) is 0 Å². The summed E-state index contributed by atoms with van der Waals surface area (Å²) in [5.41, 5.74) is 0.622. The molecule has 3 atom stereocenters.